The van der Waals surface area contributed by atoms with Crippen LogP contribution in [-0.2, 0) is 6.54 Å². The van der Waals surface area contributed by atoms with E-state index in [-0.39, 0.29) is 12.1 Å². The second-order valence-corrected chi connectivity index (χ2v) is 5.23. The van der Waals surface area contributed by atoms with Gasteiger partial charge in [0, 0.05) is 5.56 Å². The fourth-order valence-electron chi connectivity index (χ4n) is 2.29. The number of amides is 1. The van der Waals surface area contributed by atoms with Crippen LogP contribution in [0.15, 0.2) is 41.0 Å². The third-order valence-electron chi connectivity index (χ3n) is 3.05. The molecule has 0 fully saturated rings. The van der Waals surface area contributed by atoms with E-state index < -0.39 is 18.6 Å². The van der Waals surface area contributed by atoms with Gasteiger partial charge in [-0.15, -0.1) is 0 Å². The first kappa shape index (κ1) is 16.1. The predicted octanol–water partition coefficient (Wildman–Crippen LogP) is 4.10. The summed E-state index contributed by atoms with van der Waals surface area (Å²) in [4.78, 5) is 13.2. The first-order valence-corrected chi connectivity index (χ1v) is 6.71. The molecule has 2 aromatic rings. The topological polar surface area (TPSA) is 33.5 Å². The number of alkyl halides is 3. The molecule has 0 radical (unpaired) electrons. The highest BCUT2D eigenvalue weighted by Gasteiger charge is 2.33. The molecule has 22 heavy (non-hydrogen) atoms. The first-order chi connectivity index (χ1) is 10.2. The lowest BCUT2D eigenvalue weighted by atomic mass is 10.1. The van der Waals surface area contributed by atoms with Crippen molar-refractivity contribution in [2.45, 2.75) is 26.6 Å². The molecule has 6 heteroatoms. The van der Waals surface area contributed by atoms with Gasteiger partial charge in [0.15, 0.2) is 0 Å². The van der Waals surface area contributed by atoms with E-state index >= 15 is 0 Å². The smallest absolute Gasteiger partial charge is 0.406 e. The molecular weight excluding hydrogens is 295 g/mol. The number of aryl methyl sites for hydroxylation is 2. The van der Waals surface area contributed by atoms with Gasteiger partial charge in [-0.2, -0.15) is 13.2 Å². The summed E-state index contributed by atoms with van der Waals surface area (Å²) in [6.07, 6.45) is -3.11. The van der Waals surface area contributed by atoms with E-state index in [2.05, 4.69) is 0 Å². The van der Waals surface area contributed by atoms with Crippen molar-refractivity contribution in [2.75, 3.05) is 6.54 Å². The minimum absolute atomic E-state index is 0.224. The Labute approximate surface area is 126 Å². The molecule has 0 aliphatic carbocycles. The lowest BCUT2D eigenvalue weighted by molar-refractivity contribution is -0.142. The molecule has 0 atom stereocenters. The molecule has 0 N–H and O–H groups in total. The summed E-state index contributed by atoms with van der Waals surface area (Å²) in [5.74, 6) is -0.359. The molecule has 0 aliphatic heterocycles. The van der Waals surface area contributed by atoms with Gasteiger partial charge in [0.05, 0.1) is 12.8 Å². The quantitative estimate of drug-likeness (QED) is 0.851. The summed E-state index contributed by atoms with van der Waals surface area (Å²) in [6, 6.07) is 8.14. The number of nitrogens with zero attached hydrogens (tertiary/aromatic N) is 1. The predicted molar refractivity (Wildman–Crippen MR) is 75.4 cm³/mol. The number of furan rings is 1. The molecule has 3 nitrogen and oxygen atoms in total. The Morgan fingerprint density at radius 3 is 2.32 bits per heavy atom. The molecule has 0 bridgehead atoms. The third kappa shape index (κ3) is 4.38. The summed E-state index contributed by atoms with van der Waals surface area (Å²) in [6.45, 7) is 2.05. The second kappa shape index (κ2) is 6.25. The highest BCUT2D eigenvalue weighted by Crippen LogP contribution is 2.21. The normalized spacial score (nSPS) is 11.5. The van der Waals surface area contributed by atoms with Crippen LogP contribution in [0.2, 0.25) is 0 Å². The van der Waals surface area contributed by atoms with Crippen molar-refractivity contribution < 1.29 is 22.4 Å². The van der Waals surface area contributed by atoms with Gasteiger partial charge in [-0.1, -0.05) is 17.2 Å². The van der Waals surface area contributed by atoms with E-state index in [9.17, 15) is 18.0 Å². The molecule has 1 amide bonds. The van der Waals surface area contributed by atoms with Crippen LogP contribution in [0.25, 0.3) is 0 Å². The minimum atomic E-state index is -4.47. The Bertz CT molecular complexity index is 628. The van der Waals surface area contributed by atoms with Crippen LogP contribution < -0.4 is 0 Å². The Morgan fingerprint density at radius 1 is 1.18 bits per heavy atom. The molecule has 0 saturated heterocycles. The van der Waals surface area contributed by atoms with Gasteiger partial charge in [-0.25, -0.2) is 0 Å². The highest BCUT2D eigenvalue weighted by atomic mass is 19.4. The van der Waals surface area contributed by atoms with Gasteiger partial charge in [0.2, 0.25) is 0 Å². The number of hydrogen-bond donors (Lipinski definition) is 0. The Kier molecular flexibility index (Phi) is 4.59. The van der Waals surface area contributed by atoms with Gasteiger partial charge >= 0.3 is 6.18 Å². The number of benzene rings is 1. The van der Waals surface area contributed by atoms with Crippen molar-refractivity contribution in [3.63, 3.8) is 0 Å². The largest absolute Gasteiger partial charge is 0.467 e. The van der Waals surface area contributed by atoms with Crippen LogP contribution in [-0.4, -0.2) is 23.5 Å². The Morgan fingerprint density at radius 2 is 1.82 bits per heavy atom. The molecule has 0 spiro atoms. The zero-order valence-corrected chi connectivity index (χ0v) is 12.3. The maximum Gasteiger partial charge on any atom is 0.406 e. The summed E-state index contributed by atoms with van der Waals surface area (Å²) in [7, 11) is 0. The van der Waals surface area contributed by atoms with Gasteiger partial charge in [0.25, 0.3) is 5.91 Å². The van der Waals surface area contributed by atoms with Gasteiger partial charge < -0.3 is 9.32 Å². The fraction of sp³-hybridized carbons (Fsp3) is 0.312. The van der Waals surface area contributed by atoms with E-state index in [1.807, 2.05) is 6.07 Å². The third-order valence-corrected chi connectivity index (χ3v) is 3.05. The highest BCUT2D eigenvalue weighted by molar-refractivity contribution is 5.94. The molecule has 1 aromatic heterocycles. The van der Waals surface area contributed by atoms with E-state index in [1.54, 1.807) is 32.0 Å². The van der Waals surface area contributed by atoms with Gasteiger partial charge in [0.1, 0.15) is 12.3 Å². The summed E-state index contributed by atoms with van der Waals surface area (Å²) < 4.78 is 43.3. The van der Waals surface area contributed by atoms with Gasteiger partial charge in [-0.05, 0) is 38.1 Å². The zero-order chi connectivity index (χ0) is 16.3. The first-order valence-electron chi connectivity index (χ1n) is 6.71. The van der Waals surface area contributed by atoms with E-state index in [0.29, 0.717) is 5.76 Å². The van der Waals surface area contributed by atoms with Crippen LogP contribution in [0.3, 0.4) is 0 Å². The standard InChI is InChI=1S/C16H16F3NO2/c1-11-6-12(2)8-13(7-11)15(21)20(10-16(17,18)19)9-14-4-3-5-22-14/h3-8H,9-10H2,1-2H3. The molecule has 2 rings (SSSR count). The van der Waals surface area contributed by atoms with E-state index in [0.717, 1.165) is 16.0 Å². The van der Waals surface area contributed by atoms with Crippen LogP contribution in [0.1, 0.15) is 27.2 Å². The molecule has 118 valence electrons. The lowest BCUT2D eigenvalue weighted by Crippen LogP contribution is -2.38. The van der Waals surface area contributed by atoms with Crippen molar-refractivity contribution in [3.05, 3.63) is 59.0 Å². The van der Waals surface area contributed by atoms with Crippen LogP contribution in [0, 0.1) is 13.8 Å². The molecule has 1 aromatic carbocycles. The van der Waals surface area contributed by atoms with Crippen molar-refractivity contribution in [2.24, 2.45) is 0 Å². The summed E-state index contributed by atoms with van der Waals surface area (Å²) >= 11 is 0. The van der Waals surface area contributed by atoms with Crippen molar-refractivity contribution in [1.82, 2.24) is 4.90 Å². The molecule has 0 unspecified atom stereocenters. The molecular formula is C16H16F3NO2. The van der Waals surface area contributed by atoms with Gasteiger partial charge in [-0.3, -0.25) is 4.79 Å². The SMILES string of the molecule is Cc1cc(C)cc(C(=O)N(Cc2ccco2)CC(F)(F)F)c1. The van der Waals surface area contributed by atoms with E-state index in [4.69, 9.17) is 4.42 Å². The maximum atomic E-state index is 12.7. The van der Waals surface area contributed by atoms with Crippen LogP contribution >= 0.6 is 0 Å². The molecule has 1 heterocycles. The number of halogens is 3. The number of carbonyl (C=O) groups is 1. The number of carbonyl (C=O) groups excluding carboxylic acids is 1. The monoisotopic (exact) mass is 311 g/mol. The summed E-state index contributed by atoms with van der Waals surface area (Å²) in [5.41, 5.74) is 1.90. The van der Waals surface area contributed by atoms with E-state index in [1.165, 1.54) is 12.3 Å². The van der Waals surface area contributed by atoms with Crippen LogP contribution in [0.4, 0.5) is 13.2 Å². The summed E-state index contributed by atoms with van der Waals surface area (Å²) in [5, 5.41) is 0. The number of hydrogen-bond acceptors (Lipinski definition) is 2. The van der Waals surface area contributed by atoms with Crippen molar-refractivity contribution in [1.29, 1.82) is 0 Å². The molecule has 0 saturated carbocycles. The molecule has 0 aliphatic rings. The van der Waals surface area contributed by atoms with Crippen LogP contribution in [0.5, 0.6) is 0 Å². The lowest BCUT2D eigenvalue weighted by Gasteiger charge is -2.23. The fourth-order valence-corrected chi connectivity index (χ4v) is 2.29. The number of rotatable bonds is 4. The Hall–Kier alpha value is -2.24. The average Bonchev–Trinajstić information content (AvgIpc) is 2.87. The zero-order valence-electron chi connectivity index (χ0n) is 12.3. The average molecular weight is 311 g/mol. The van der Waals surface area contributed by atoms with Crippen molar-refractivity contribution >= 4 is 5.91 Å². The second-order valence-electron chi connectivity index (χ2n) is 5.23. The maximum absolute atomic E-state index is 12.7. The minimum Gasteiger partial charge on any atom is -0.467 e. The Balaban J connectivity index is 2.28. The van der Waals surface area contributed by atoms with Crippen molar-refractivity contribution in [3.8, 4) is 0 Å².